The van der Waals surface area contributed by atoms with E-state index in [0.29, 0.717) is 46.0 Å². The molecule has 1 aliphatic rings. The quantitative estimate of drug-likeness (QED) is 0.578. The minimum atomic E-state index is -2.83. The first-order chi connectivity index (χ1) is 10.1. The maximum atomic E-state index is 11.4. The van der Waals surface area contributed by atoms with Crippen LogP contribution in [0.15, 0.2) is 6.20 Å². The zero-order valence-corrected chi connectivity index (χ0v) is 13.1. The Balaban J connectivity index is 1.71. The topological polar surface area (TPSA) is 86.5 Å². The van der Waals surface area contributed by atoms with Gasteiger partial charge >= 0.3 is 0 Å². The SMILES string of the molecule is COCCOCCn1cc(CN2CCS(=O)(=O)CC2)nn1. The Bertz CT molecular complexity index is 517. The molecule has 2 rings (SSSR count). The average molecular weight is 318 g/mol. The van der Waals surface area contributed by atoms with E-state index in [1.54, 1.807) is 11.8 Å². The van der Waals surface area contributed by atoms with Crippen LogP contribution in [0.2, 0.25) is 0 Å². The van der Waals surface area contributed by atoms with E-state index in [-0.39, 0.29) is 11.5 Å². The molecule has 21 heavy (non-hydrogen) atoms. The molecule has 0 atom stereocenters. The van der Waals surface area contributed by atoms with E-state index >= 15 is 0 Å². The third-order valence-corrected chi connectivity index (χ3v) is 4.91. The summed E-state index contributed by atoms with van der Waals surface area (Å²) in [5.41, 5.74) is 0.853. The summed E-state index contributed by atoms with van der Waals surface area (Å²) in [6.07, 6.45) is 1.88. The maximum Gasteiger partial charge on any atom is 0.152 e. The molecule has 0 amide bonds. The Kier molecular flexibility index (Phi) is 6.09. The largest absolute Gasteiger partial charge is 0.382 e. The van der Waals surface area contributed by atoms with Crippen LogP contribution in [0.3, 0.4) is 0 Å². The zero-order chi connectivity index (χ0) is 15.1. The van der Waals surface area contributed by atoms with Gasteiger partial charge < -0.3 is 9.47 Å². The fourth-order valence-electron chi connectivity index (χ4n) is 2.06. The number of hydrogen-bond donors (Lipinski definition) is 0. The average Bonchev–Trinajstić information content (AvgIpc) is 2.89. The highest BCUT2D eigenvalue weighted by Crippen LogP contribution is 2.07. The van der Waals surface area contributed by atoms with Crippen molar-refractivity contribution >= 4 is 9.84 Å². The van der Waals surface area contributed by atoms with Gasteiger partial charge in [0.2, 0.25) is 0 Å². The molecule has 8 nitrogen and oxygen atoms in total. The predicted octanol–water partition coefficient (Wildman–Crippen LogP) is -0.828. The highest BCUT2D eigenvalue weighted by Gasteiger charge is 2.22. The molecule has 1 aromatic heterocycles. The van der Waals surface area contributed by atoms with Crippen molar-refractivity contribution in [2.24, 2.45) is 0 Å². The number of rotatable bonds is 8. The van der Waals surface area contributed by atoms with Crippen molar-refractivity contribution in [3.05, 3.63) is 11.9 Å². The van der Waals surface area contributed by atoms with Gasteiger partial charge in [0.05, 0.1) is 43.6 Å². The van der Waals surface area contributed by atoms with Gasteiger partial charge in [0, 0.05) is 32.9 Å². The van der Waals surface area contributed by atoms with Crippen LogP contribution in [0.5, 0.6) is 0 Å². The van der Waals surface area contributed by atoms with E-state index in [4.69, 9.17) is 9.47 Å². The van der Waals surface area contributed by atoms with E-state index in [0.717, 1.165) is 5.69 Å². The standard InChI is InChI=1S/C12H22N4O4S/c1-19-6-7-20-5-2-16-11-12(13-14-16)10-15-3-8-21(17,18)9-4-15/h11H,2-10H2,1H3. The van der Waals surface area contributed by atoms with Crippen molar-refractivity contribution in [2.75, 3.05) is 51.5 Å². The number of aromatic nitrogens is 3. The summed E-state index contributed by atoms with van der Waals surface area (Å²) in [6, 6.07) is 0. The first kappa shape index (κ1) is 16.3. The van der Waals surface area contributed by atoms with Crippen LogP contribution in [-0.2, 0) is 32.4 Å². The third-order valence-electron chi connectivity index (χ3n) is 3.31. The summed E-state index contributed by atoms with van der Waals surface area (Å²) in [7, 11) is -1.19. The maximum absolute atomic E-state index is 11.4. The van der Waals surface area contributed by atoms with Gasteiger partial charge in [-0.05, 0) is 0 Å². The summed E-state index contributed by atoms with van der Waals surface area (Å²) < 4.78 is 34.7. The molecule has 1 saturated heterocycles. The molecular weight excluding hydrogens is 296 g/mol. The van der Waals surface area contributed by atoms with Crippen LogP contribution in [0, 0.1) is 0 Å². The lowest BCUT2D eigenvalue weighted by molar-refractivity contribution is 0.0652. The molecule has 0 spiro atoms. The van der Waals surface area contributed by atoms with Crippen LogP contribution in [0.1, 0.15) is 5.69 Å². The molecule has 1 aromatic rings. The Morgan fingerprint density at radius 1 is 1.24 bits per heavy atom. The van der Waals surface area contributed by atoms with Crippen molar-refractivity contribution < 1.29 is 17.9 Å². The van der Waals surface area contributed by atoms with E-state index < -0.39 is 9.84 Å². The molecule has 0 unspecified atom stereocenters. The van der Waals surface area contributed by atoms with Gasteiger partial charge in [0.1, 0.15) is 0 Å². The van der Waals surface area contributed by atoms with Crippen LogP contribution in [-0.4, -0.2) is 79.8 Å². The molecule has 1 fully saturated rings. The van der Waals surface area contributed by atoms with Crippen molar-refractivity contribution in [1.82, 2.24) is 19.9 Å². The number of sulfone groups is 1. The number of hydrogen-bond acceptors (Lipinski definition) is 7. The van der Waals surface area contributed by atoms with Gasteiger partial charge in [0.25, 0.3) is 0 Å². The van der Waals surface area contributed by atoms with Gasteiger partial charge in [-0.15, -0.1) is 5.10 Å². The minimum absolute atomic E-state index is 0.231. The Morgan fingerprint density at radius 3 is 2.71 bits per heavy atom. The third kappa shape index (κ3) is 5.70. The second-order valence-corrected chi connectivity index (χ2v) is 7.31. The van der Waals surface area contributed by atoms with Gasteiger partial charge in [-0.3, -0.25) is 4.90 Å². The van der Waals surface area contributed by atoms with Gasteiger partial charge in [-0.1, -0.05) is 5.21 Å². The Labute approximate surface area is 124 Å². The molecule has 1 aliphatic heterocycles. The molecule has 0 N–H and O–H groups in total. The van der Waals surface area contributed by atoms with Crippen molar-refractivity contribution in [2.45, 2.75) is 13.1 Å². The molecule has 2 heterocycles. The lowest BCUT2D eigenvalue weighted by atomic mass is 10.4. The lowest BCUT2D eigenvalue weighted by Crippen LogP contribution is -2.39. The summed E-state index contributed by atoms with van der Waals surface area (Å²) in [5, 5.41) is 8.14. The smallest absolute Gasteiger partial charge is 0.152 e. The molecule has 9 heteroatoms. The highest BCUT2D eigenvalue weighted by molar-refractivity contribution is 7.91. The zero-order valence-electron chi connectivity index (χ0n) is 12.3. The van der Waals surface area contributed by atoms with Crippen molar-refractivity contribution in [3.63, 3.8) is 0 Å². The molecule has 0 saturated carbocycles. The Hall–Kier alpha value is -1.03. The number of methoxy groups -OCH3 is 1. The van der Waals surface area contributed by atoms with Crippen molar-refractivity contribution in [3.8, 4) is 0 Å². The number of ether oxygens (including phenoxy) is 2. The van der Waals surface area contributed by atoms with Crippen LogP contribution < -0.4 is 0 Å². The lowest BCUT2D eigenvalue weighted by Gasteiger charge is -2.25. The normalized spacial score (nSPS) is 18.9. The minimum Gasteiger partial charge on any atom is -0.382 e. The van der Waals surface area contributed by atoms with E-state index in [1.165, 1.54) is 0 Å². The molecule has 0 aliphatic carbocycles. The molecule has 0 bridgehead atoms. The second kappa shape index (κ2) is 7.83. The molecule has 120 valence electrons. The van der Waals surface area contributed by atoms with E-state index in [9.17, 15) is 8.42 Å². The van der Waals surface area contributed by atoms with Crippen LogP contribution in [0.4, 0.5) is 0 Å². The monoisotopic (exact) mass is 318 g/mol. The predicted molar refractivity (Wildman–Crippen MR) is 76.6 cm³/mol. The summed E-state index contributed by atoms with van der Waals surface area (Å²) in [6.45, 7) is 4.13. The first-order valence-corrected chi connectivity index (χ1v) is 8.80. The highest BCUT2D eigenvalue weighted by atomic mass is 32.2. The summed E-state index contributed by atoms with van der Waals surface area (Å²) in [4.78, 5) is 2.09. The number of nitrogens with zero attached hydrogens (tertiary/aromatic N) is 4. The molecule has 0 aromatic carbocycles. The second-order valence-electron chi connectivity index (χ2n) is 5.01. The fourth-order valence-corrected chi connectivity index (χ4v) is 3.34. The van der Waals surface area contributed by atoms with Gasteiger partial charge in [0.15, 0.2) is 9.84 Å². The molecule has 0 radical (unpaired) electrons. The van der Waals surface area contributed by atoms with Crippen LogP contribution in [0.25, 0.3) is 0 Å². The molecular formula is C12H22N4O4S. The van der Waals surface area contributed by atoms with Crippen LogP contribution >= 0.6 is 0 Å². The Morgan fingerprint density at radius 2 is 2.00 bits per heavy atom. The van der Waals surface area contributed by atoms with Gasteiger partial charge in [-0.25, -0.2) is 13.1 Å². The van der Waals surface area contributed by atoms with E-state index in [2.05, 4.69) is 15.2 Å². The van der Waals surface area contributed by atoms with Crippen molar-refractivity contribution in [1.29, 1.82) is 0 Å². The first-order valence-electron chi connectivity index (χ1n) is 6.97. The van der Waals surface area contributed by atoms with E-state index in [1.807, 2.05) is 6.20 Å². The van der Waals surface area contributed by atoms with Gasteiger partial charge in [-0.2, -0.15) is 0 Å². The summed E-state index contributed by atoms with van der Waals surface area (Å²) >= 11 is 0. The summed E-state index contributed by atoms with van der Waals surface area (Å²) in [5.74, 6) is 0.461. The fraction of sp³-hybridized carbons (Fsp3) is 0.833.